The molecule has 1 radical (unpaired) electrons. The molecule has 0 bridgehead atoms. The van der Waals surface area contributed by atoms with Gasteiger partial charge in [0.15, 0.2) is 12.5 Å². The maximum absolute atomic E-state index is 12.0. The van der Waals surface area contributed by atoms with Gasteiger partial charge in [0.05, 0.1) is 41.8 Å². The fraction of sp³-hybridized carbons (Fsp3) is 0.0588. The second-order valence-corrected chi connectivity index (χ2v) is 13.9. The van der Waals surface area contributed by atoms with Crippen molar-refractivity contribution < 1.29 is 79.0 Å². The first-order chi connectivity index (χ1) is 26.6. The van der Waals surface area contributed by atoms with E-state index in [4.69, 9.17) is 20.0 Å². The van der Waals surface area contributed by atoms with E-state index in [2.05, 4.69) is 44.5 Å². The predicted octanol–water partition coefficient (Wildman–Crippen LogP) is 9.79. The SMILES string of the molecule is COc1cc(N=Nc2c(SOOO)cc3cc(NCOc4ccccc4)ccc3c2O)c(O)cc1N=Nc1ccc2c(S(=O)(=O)O)cc(SOOO)cc2c1.[Cu]. The van der Waals surface area contributed by atoms with Gasteiger partial charge in [0, 0.05) is 50.6 Å². The number of hydrogen-bond acceptors (Lipinski definition) is 19. The largest absolute Gasteiger partial charge is 0.506 e. The molecule has 6 aromatic carbocycles. The zero-order valence-corrected chi connectivity index (χ0v) is 31.7. The van der Waals surface area contributed by atoms with Crippen LogP contribution < -0.4 is 14.8 Å². The quantitative estimate of drug-likeness (QED) is 0.0101. The molecular formula is C34H27CuN5O13S3. The second kappa shape index (κ2) is 19.2. The topological polar surface area (TPSA) is 252 Å². The summed E-state index contributed by atoms with van der Waals surface area (Å²) in [7, 11) is -3.30. The molecule has 22 heteroatoms. The van der Waals surface area contributed by atoms with Crippen LogP contribution in [0.2, 0.25) is 0 Å². The van der Waals surface area contributed by atoms with E-state index >= 15 is 0 Å². The Labute approximate surface area is 336 Å². The van der Waals surface area contributed by atoms with Crippen molar-refractivity contribution in [3.63, 3.8) is 0 Å². The summed E-state index contributed by atoms with van der Waals surface area (Å²) in [6.45, 7) is 0.174. The molecule has 6 N–H and O–H groups in total. The number of hydrogen-bond donors (Lipinski definition) is 6. The molecule has 0 saturated heterocycles. The van der Waals surface area contributed by atoms with Crippen LogP contribution in [0.25, 0.3) is 21.5 Å². The number of para-hydroxylation sites is 1. The van der Waals surface area contributed by atoms with E-state index in [-0.39, 0.29) is 79.0 Å². The van der Waals surface area contributed by atoms with Crippen LogP contribution in [0.4, 0.5) is 28.4 Å². The van der Waals surface area contributed by atoms with Gasteiger partial charge in [-0.1, -0.05) is 34.3 Å². The Kier molecular flexibility index (Phi) is 14.4. The molecule has 295 valence electrons. The number of aromatic hydroxyl groups is 2. The van der Waals surface area contributed by atoms with Gasteiger partial charge in [-0.2, -0.15) is 13.5 Å². The number of anilines is 1. The first kappa shape index (κ1) is 42.1. The van der Waals surface area contributed by atoms with Crippen LogP contribution in [0, 0.1) is 0 Å². The molecule has 18 nitrogen and oxygen atoms in total. The molecule has 0 fully saturated rings. The number of phenolic OH excluding ortho intramolecular Hbond substituents is 2. The molecule has 6 rings (SSSR count). The van der Waals surface area contributed by atoms with E-state index in [1.807, 2.05) is 30.3 Å². The standard InChI is InChI=1S/C34H27N5O13S3.Cu/c1-47-30-17-27(29(40)16-28(30)38-36-22-8-9-25-19(12-22)13-24(53-51-49-42)15-32(25)55(44,45)46)37-39-33-31(54-52-50-43)14-20-11-21(7-10-26(20)34(33)41)35-18-48-23-5-3-2-4-6-23;/h2-17,35,40-43H,18H2,1H3,(H,44,45,46);. The van der Waals surface area contributed by atoms with Crippen molar-refractivity contribution in [2.75, 3.05) is 19.2 Å². The number of benzene rings is 6. The van der Waals surface area contributed by atoms with E-state index < -0.39 is 15.0 Å². The fourth-order valence-electron chi connectivity index (χ4n) is 5.15. The van der Waals surface area contributed by atoms with Crippen molar-refractivity contribution in [2.45, 2.75) is 14.7 Å². The normalized spacial score (nSPS) is 11.7. The van der Waals surface area contributed by atoms with Gasteiger partial charge in [0.2, 0.25) is 0 Å². The number of phenols is 2. The van der Waals surface area contributed by atoms with Crippen molar-refractivity contribution in [3.8, 4) is 23.0 Å². The second-order valence-electron chi connectivity index (χ2n) is 11.0. The first-order valence-electron chi connectivity index (χ1n) is 15.4. The summed E-state index contributed by atoms with van der Waals surface area (Å²) in [6, 6.07) is 25.5. The van der Waals surface area contributed by atoms with Gasteiger partial charge >= 0.3 is 0 Å². The van der Waals surface area contributed by atoms with Crippen molar-refractivity contribution in [1.82, 2.24) is 0 Å². The number of azo groups is 2. The molecule has 0 amide bonds. The third-order valence-electron chi connectivity index (χ3n) is 7.58. The summed E-state index contributed by atoms with van der Waals surface area (Å²) >= 11 is 1.04. The Hall–Kier alpha value is -5.07. The van der Waals surface area contributed by atoms with Gasteiger partial charge in [0.25, 0.3) is 10.1 Å². The summed E-state index contributed by atoms with van der Waals surface area (Å²) < 4.78 is 53.9. The molecule has 0 spiro atoms. The number of fused-ring (bicyclic) bond motifs is 2. The molecule has 0 saturated carbocycles. The van der Waals surface area contributed by atoms with Crippen LogP contribution in [0.1, 0.15) is 0 Å². The van der Waals surface area contributed by atoms with E-state index in [9.17, 15) is 23.2 Å². The van der Waals surface area contributed by atoms with E-state index in [1.54, 1.807) is 24.3 Å². The Morgan fingerprint density at radius 3 is 2.20 bits per heavy atom. The van der Waals surface area contributed by atoms with Gasteiger partial charge < -0.3 is 25.0 Å². The van der Waals surface area contributed by atoms with Crippen LogP contribution in [-0.4, -0.2) is 47.5 Å². The molecule has 0 aromatic heterocycles. The maximum Gasteiger partial charge on any atom is 0.295 e. The van der Waals surface area contributed by atoms with Crippen LogP contribution >= 0.6 is 24.1 Å². The van der Waals surface area contributed by atoms with Crippen LogP contribution in [-0.2, 0) is 45.9 Å². The molecular weight excluding hydrogens is 846 g/mol. The van der Waals surface area contributed by atoms with Gasteiger partial charge in [-0.05, 0) is 71.4 Å². The molecule has 0 heterocycles. The molecule has 0 aliphatic carbocycles. The van der Waals surface area contributed by atoms with E-state index in [0.29, 0.717) is 51.7 Å². The number of rotatable bonds is 16. The predicted molar refractivity (Wildman–Crippen MR) is 199 cm³/mol. The minimum atomic E-state index is -4.65. The average Bonchev–Trinajstić information content (AvgIpc) is 3.18. The van der Waals surface area contributed by atoms with Gasteiger partial charge in [0.1, 0.15) is 39.2 Å². The van der Waals surface area contributed by atoms with Crippen LogP contribution in [0.5, 0.6) is 23.0 Å². The number of methoxy groups -OCH3 is 1. The maximum atomic E-state index is 12.0. The van der Waals surface area contributed by atoms with Crippen molar-refractivity contribution in [3.05, 3.63) is 97.1 Å². The summed E-state index contributed by atoms with van der Waals surface area (Å²) in [6.07, 6.45) is 0. The number of nitrogens with one attached hydrogen (secondary N) is 1. The van der Waals surface area contributed by atoms with Crippen molar-refractivity contribution >= 4 is 84.2 Å². The van der Waals surface area contributed by atoms with Gasteiger partial charge in [-0.15, -0.1) is 24.0 Å². The minimum Gasteiger partial charge on any atom is -0.506 e. The summed E-state index contributed by atoms with van der Waals surface area (Å²) in [5, 5.41) is 67.9. The van der Waals surface area contributed by atoms with E-state index in [0.717, 1.165) is 6.07 Å². The Bertz CT molecular complexity index is 2520. The summed E-state index contributed by atoms with van der Waals surface area (Å²) in [5.41, 5.74) is 0.852. The van der Waals surface area contributed by atoms with E-state index in [1.165, 1.54) is 43.5 Å². The Balaban J connectivity index is 0.00000600. The van der Waals surface area contributed by atoms with Crippen LogP contribution in [0.3, 0.4) is 0 Å². The summed E-state index contributed by atoms with van der Waals surface area (Å²) in [5.74, 6) is 0.134. The third-order valence-corrected chi connectivity index (χ3v) is 9.65. The zero-order valence-electron chi connectivity index (χ0n) is 28.3. The zero-order chi connectivity index (χ0) is 39.0. The molecule has 6 aromatic rings. The monoisotopic (exact) mass is 872 g/mol. The van der Waals surface area contributed by atoms with Gasteiger partial charge in [-0.3, -0.25) is 4.55 Å². The van der Waals surface area contributed by atoms with Crippen molar-refractivity contribution in [2.24, 2.45) is 20.5 Å². The molecule has 0 aliphatic heterocycles. The van der Waals surface area contributed by atoms with Gasteiger partial charge in [-0.25, -0.2) is 10.5 Å². The Morgan fingerprint density at radius 2 is 1.46 bits per heavy atom. The average molecular weight is 873 g/mol. The Morgan fingerprint density at radius 1 is 0.750 bits per heavy atom. The summed E-state index contributed by atoms with van der Waals surface area (Å²) in [4.78, 5) is -0.0573. The molecule has 0 aliphatic rings. The number of ether oxygens (including phenoxy) is 2. The van der Waals surface area contributed by atoms with Crippen molar-refractivity contribution in [1.29, 1.82) is 0 Å². The molecule has 0 unspecified atom stereocenters. The smallest absolute Gasteiger partial charge is 0.295 e. The number of nitrogens with zero attached hydrogens (tertiary/aromatic N) is 4. The molecule has 0 atom stereocenters. The minimum absolute atomic E-state index is 0. The first-order valence-corrected chi connectivity index (χ1v) is 18.3. The molecule has 56 heavy (non-hydrogen) atoms. The fourth-order valence-corrected chi connectivity index (χ4v) is 6.91. The third kappa shape index (κ3) is 10.2. The van der Waals surface area contributed by atoms with Crippen LogP contribution in [0.15, 0.2) is 132 Å².